The second-order valence-electron chi connectivity index (χ2n) is 5.56. The molecule has 1 aliphatic carbocycles. The molecular weight excluding hydrogens is 252 g/mol. The van der Waals surface area contributed by atoms with Gasteiger partial charge in [-0.1, -0.05) is 19.3 Å². The third kappa shape index (κ3) is 2.19. The average molecular weight is 272 g/mol. The Bertz CT molecular complexity index is 639. The highest BCUT2D eigenvalue weighted by Crippen LogP contribution is 2.34. The van der Waals surface area contributed by atoms with Crippen LogP contribution in [-0.2, 0) is 6.54 Å². The smallest absolute Gasteiger partial charge is 0.335 e. The third-order valence-electron chi connectivity index (χ3n) is 4.31. The second-order valence-corrected chi connectivity index (χ2v) is 5.56. The van der Waals surface area contributed by atoms with Gasteiger partial charge in [0.2, 0.25) is 0 Å². The molecule has 0 bridgehead atoms. The van der Waals surface area contributed by atoms with Crippen LogP contribution in [0.3, 0.4) is 0 Å². The van der Waals surface area contributed by atoms with E-state index in [1.54, 1.807) is 12.1 Å². The summed E-state index contributed by atoms with van der Waals surface area (Å²) in [5, 5.41) is 9.09. The molecule has 1 aliphatic rings. The lowest BCUT2D eigenvalue weighted by Gasteiger charge is -2.21. The van der Waals surface area contributed by atoms with E-state index in [1.165, 1.54) is 32.1 Å². The molecular formula is C16H20N2O2. The quantitative estimate of drug-likeness (QED) is 0.924. The molecule has 0 unspecified atom stereocenters. The number of imidazole rings is 1. The van der Waals surface area contributed by atoms with Crippen molar-refractivity contribution in [3.8, 4) is 0 Å². The van der Waals surface area contributed by atoms with Gasteiger partial charge in [-0.2, -0.15) is 0 Å². The predicted molar refractivity (Wildman–Crippen MR) is 78.2 cm³/mol. The Morgan fingerprint density at radius 2 is 2.10 bits per heavy atom. The Hall–Kier alpha value is -1.84. The van der Waals surface area contributed by atoms with Gasteiger partial charge in [0, 0.05) is 12.5 Å². The molecule has 106 valence electrons. The van der Waals surface area contributed by atoms with E-state index in [0.29, 0.717) is 11.5 Å². The molecule has 1 fully saturated rings. The van der Waals surface area contributed by atoms with Gasteiger partial charge in [-0.3, -0.25) is 0 Å². The molecule has 0 amide bonds. The monoisotopic (exact) mass is 272 g/mol. The largest absolute Gasteiger partial charge is 0.478 e. The molecule has 3 rings (SSSR count). The van der Waals surface area contributed by atoms with Crippen molar-refractivity contribution in [1.82, 2.24) is 9.55 Å². The summed E-state index contributed by atoms with van der Waals surface area (Å²) in [5.74, 6) is 0.784. The fourth-order valence-corrected chi connectivity index (χ4v) is 3.29. The Morgan fingerprint density at radius 1 is 1.35 bits per heavy atom. The Balaban J connectivity index is 2.09. The first-order valence-corrected chi connectivity index (χ1v) is 7.44. The fourth-order valence-electron chi connectivity index (χ4n) is 3.29. The van der Waals surface area contributed by atoms with Crippen molar-refractivity contribution in [1.29, 1.82) is 0 Å². The minimum absolute atomic E-state index is 0.313. The Morgan fingerprint density at radius 3 is 2.75 bits per heavy atom. The van der Waals surface area contributed by atoms with E-state index in [2.05, 4.69) is 11.5 Å². The second kappa shape index (κ2) is 5.27. The molecule has 0 saturated heterocycles. The zero-order valence-electron chi connectivity index (χ0n) is 11.8. The molecule has 20 heavy (non-hydrogen) atoms. The van der Waals surface area contributed by atoms with Gasteiger partial charge in [0.25, 0.3) is 0 Å². The van der Waals surface area contributed by atoms with Gasteiger partial charge < -0.3 is 9.67 Å². The van der Waals surface area contributed by atoms with Crippen molar-refractivity contribution in [3.63, 3.8) is 0 Å². The van der Waals surface area contributed by atoms with Crippen LogP contribution in [0, 0.1) is 0 Å². The molecule has 0 spiro atoms. The first-order valence-electron chi connectivity index (χ1n) is 7.44. The number of carboxylic acids is 1. The maximum atomic E-state index is 11.1. The fraction of sp³-hybridized carbons (Fsp3) is 0.500. The average Bonchev–Trinajstić information content (AvgIpc) is 2.85. The van der Waals surface area contributed by atoms with E-state index in [4.69, 9.17) is 10.1 Å². The summed E-state index contributed by atoms with van der Waals surface area (Å²) in [4.78, 5) is 15.8. The number of hydrogen-bond acceptors (Lipinski definition) is 2. The van der Waals surface area contributed by atoms with E-state index >= 15 is 0 Å². The van der Waals surface area contributed by atoms with Crippen molar-refractivity contribution in [3.05, 3.63) is 29.6 Å². The van der Waals surface area contributed by atoms with Crippen LogP contribution in [0.1, 0.15) is 61.1 Å². The van der Waals surface area contributed by atoms with Crippen LogP contribution in [0.5, 0.6) is 0 Å². The number of hydrogen-bond donors (Lipinski definition) is 1. The van der Waals surface area contributed by atoms with Crippen LogP contribution in [0.15, 0.2) is 18.2 Å². The van der Waals surface area contributed by atoms with Crippen molar-refractivity contribution in [2.75, 3.05) is 0 Å². The van der Waals surface area contributed by atoms with Gasteiger partial charge in [-0.05, 0) is 38.0 Å². The number of fused-ring (bicyclic) bond motifs is 1. The van der Waals surface area contributed by atoms with Crippen LogP contribution in [0.2, 0.25) is 0 Å². The molecule has 1 aromatic heterocycles. The molecule has 1 heterocycles. The molecule has 1 saturated carbocycles. The summed E-state index contributed by atoms with van der Waals surface area (Å²) in [6.45, 7) is 3.01. The summed E-state index contributed by atoms with van der Waals surface area (Å²) in [6, 6.07) is 5.25. The Kier molecular flexibility index (Phi) is 3.47. The highest BCUT2D eigenvalue weighted by Gasteiger charge is 2.22. The molecule has 4 nitrogen and oxygen atoms in total. The van der Waals surface area contributed by atoms with E-state index in [-0.39, 0.29) is 0 Å². The third-order valence-corrected chi connectivity index (χ3v) is 4.31. The van der Waals surface area contributed by atoms with Crippen LogP contribution in [0.25, 0.3) is 11.0 Å². The van der Waals surface area contributed by atoms with Gasteiger partial charge in [0.15, 0.2) is 0 Å². The molecule has 1 N–H and O–H groups in total. The summed E-state index contributed by atoms with van der Waals surface area (Å²) in [5.41, 5.74) is 2.18. The first-order chi connectivity index (χ1) is 9.70. The van der Waals surface area contributed by atoms with E-state index in [1.807, 2.05) is 6.07 Å². The SMILES string of the molecule is CCn1c(C2CCCCC2)nc2cc(C(=O)O)ccc21. The zero-order chi connectivity index (χ0) is 14.1. The van der Waals surface area contributed by atoms with E-state index < -0.39 is 5.97 Å². The number of rotatable bonds is 3. The van der Waals surface area contributed by atoms with E-state index in [0.717, 1.165) is 23.4 Å². The number of benzene rings is 1. The molecule has 2 aromatic rings. The summed E-state index contributed by atoms with van der Waals surface area (Å²) in [6.07, 6.45) is 6.28. The number of carboxylic acid groups (broad SMARTS) is 1. The van der Waals surface area contributed by atoms with Crippen LogP contribution in [0.4, 0.5) is 0 Å². The van der Waals surface area contributed by atoms with Crippen molar-refractivity contribution in [2.45, 2.75) is 51.5 Å². The normalized spacial score (nSPS) is 16.6. The molecule has 0 atom stereocenters. The minimum Gasteiger partial charge on any atom is -0.478 e. The van der Waals surface area contributed by atoms with Gasteiger partial charge in [-0.15, -0.1) is 0 Å². The molecule has 0 radical (unpaired) electrons. The standard InChI is InChI=1S/C16H20N2O2/c1-2-18-14-9-8-12(16(19)20)10-13(14)17-15(18)11-6-4-3-5-7-11/h8-11H,2-7H2,1H3,(H,19,20). The lowest BCUT2D eigenvalue weighted by atomic mass is 9.88. The minimum atomic E-state index is -0.892. The van der Waals surface area contributed by atoms with Crippen LogP contribution in [-0.4, -0.2) is 20.6 Å². The lowest BCUT2D eigenvalue weighted by Crippen LogP contribution is -2.11. The molecule has 1 aromatic carbocycles. The lowest BCUT2D eigenvalue weighted by molar-refractivity contribution is 0.0697. The number of aryl methyl sites for hydroxylation is 1. The van der Waals surface area contributed by atoms with Gasteiger partial charge in [-0.25, -0.2) is 9.78 Å². The topological polar surface area (TPSA) is 55.1 Å². The highest BCUT2D eigenvalue weighted by molar-refractivity contribution is 5.92. The molecule has 4 heteroatoms. The summed E-state index contributed by atoms with van der Waals surface area (Å²) < 4.78 is 2.25. The van der Waals surface area contributed by atoms with Crippen LogP contribution < -0.4 is 0 Å². The van der Waals surface area contributed by atoms with Gasteiger partial charge in [0.1, 0.15) is 5.82 Å². The van der Waals surface area contributed by atoms with Crippen LogP contribution >= 0.6 is 0 Å². The molecule has 0 aliphatic heterocycles. The van der Waals surface area contributed by atoms with E-state index in [9.17, 15) is 4.79 Å². The highest BCUT2D eigenvalue weighted by atomic mass is 16.4. The number of nitrogens with zero attached hydrogens (tertiary/aromatic N) is 2. The number of aromatic carboxylic acids is 1. The van der Waals surface area contributed by atoms with Crippen molar-refractivity contribution < 1.29 is 9.90 Å². The predicted octanol–water partition coefficient (Wildman–Crippen LogP) is 3.80. The number of carbonyl (C=O) groups is 1. The maximum absolute atomic E-state index is 11.1. The van der Waals surface area contributed by atoms with Crippen molar-refractivity contribution >= 4 is 17.0 Å². The zero-order valence-corrected chi connectivity index (χ0v) is 11.8. The Labute approximate surface area is 118 Å². The van der Waals surface area contributed by atoms with Crippen molar-refractivity contribution in [2.24, 2.45) is 0 Å². The summed E-state index contributed by atoms with van der Waals surface area (Å²) >= 11 is 0. The number of aromatic nitrogens is 2. The van der Waals surface area contributed by atoms with Gasteiger partial charge >= 0.3 is 5.97 Å². The first kappa shape index (κ1) is 13.2. The summed E-state index contributed by atoms with van der Waals surface area (Å²) in [7, 11) is 0. The van der Waals surface area contributed by atoms with Gasteiger partial charge in [0.05, 0.1) is 16.6 Å². The maximum Gasteiger partial charge on any atom is 0.335 e.